The lowest BCUT2D eigenvalue weighted by Gasteiger charge is -2.08. The van der Waals surface area contributed by atoms with E-state index in [9.17, 15) is 0 Å². The Morgan fingerprint density at radius 3 is 1.81 bits per heavy atom. The van der Waals surface area contributed by atoms with Crippen LogP contribution >= 0.6 is 0 Å². The summed E-state index contributed by atoms with van der Waals surface area (Å²) in [7, 11) is 0. The van der Waals surface area contributed by atoms with Gasteiger partial charge in [-0.2, -0.15) is 5.10 Å². The van der Waals surface area contributed by atoms with E-state index in [0.29, 0.717) is 0 Å². The average molecular weight is 340 g/mol. The molecule has 2 N–H and O–H groups in total. The lowest BCUT2D eigenvalue weighted by molar-refractivity contribution is 0.690. The third kappa shape index (κ3) is 3.92. The first-order valence-corrected chi connectivity index (χ1v) is 8.62. The summed E-state index contributed by atoms with van der Waals surface area (Å²) in [4.78, 5) is 0. The summed E-state index contributed by atoms with van der Waals surface area (Å²) < 4.78 is 1.95. The van der Waals surface area contributed by atoms with E-state index >= 15 is 0 Å². The Morgan fingerprint density at radius 2 is 1.19 bits per heavy atom. The van der Waals surface area contributed by atoms with Crippen LogP contribution in [0.15, 0.2) is 97.2 Å². The molecule has 4 aromatic rings. The summed E-state index contributed by atoms with van der Waals surface area (Å²) in [6.45, 7) is 0.723. The van der Waals surface area contributed by atoms with Gasteiger partial charge in [0, 0.05) is 11.4 Å². The Morgan fingerprint density at radius 1 is 0.654 bits per heavy atom. The Hall–Kier alpha value is -3.53. The van der Waals surface area contributed by atoms with Gasteiger partial charge in [-0.05, 0) is 29.8 Å². The van der Waals surface area contributed by atoms with Crippen LogP contribution in [0.4, 0.5) is 22.9 Å². The number of benzene rings is 3. The molecule has 0 bridgehead atoms. The van der Waals surface area contributed by atoms with Crippen LogP contribution in [-0.4, -0.2) is 9.78 Å². The Bertz CT molecular complexity index is 888. The van der Waals surface area contributed by atoms with E-state index in [2.05, 4.69) is 22.8 Å². The van der Waals surface area contributed by atoms with Crippen molar-refractivity contribution >= 4 is 22.9 Å². The number of nitrogens with zero attached hydrogens (tertiary/aromatic N) is 2. The molecule has 4 heteroatoms. The Labute approximate surface area is 153 Å². The van der Waals surface area contributed by atoms with E-state index in [0.717, 1.165) is 29.4 Å². The van der Waals surface area contributed by atoms with Gasteiger partial charge in [-0.25, -0.2) is 0 Å². The third-order valence-electron chi connectivity index (χ3n) is 4.04. The highest BCUT2D eigenvalue weighted by Crippen LogP contribution is 2.27. The minimum Gasteiger partial charge on any atom is -0.351 e. The maximum absolute atomic E-state index is 4.74. The smallest absolute Gasteiger partial charge is 0.176 e. The molecule has 0 atom stereocenters. The first-order valence-electron chi connectivity index (χ1n) is 8.62. The second-order valence-electron chi connectivity index (χ2n) is 6.06. The van der Waals surface area contributed by atoms with E-state index in [-0.39, 0.29) is 0 Å². The lowest BCUT2D eigenvalue weighted by Crippen LogP contribution is -2.01. The molecule has 0 aliphatic rings. The molecule has 0 amide bonds. The zero-order chi connectivity index (χ0) is 17.6. The third-order valence-corrected chi connectivity index (χ3v) is 4.04. The molecule has 4 nitrogen and oxygen atoms in total. The highest BCUT2D eigenvalue weighted by Gasteiger charge is 2.10. The summed E-state index contributed by atoms with van der Waals surface area (Å²) in [6.07, 6.45) is 2.03. The van der Waals surface area contributed by atoms with E-state index in [4.69, 9.17) is 5.10 Å². The molecular weight excluding hydrogens is 320 g/mol. The van der Waals surface area contributed by atoms with Crippen molar-refractivity contribution in [3.05, 3.63) is 103 Å². The number of anilines is 4. The van der Waals surface area contributed by atoms with Crippen LogP contribution in [0.25, 0.3) is 0 Å². The second-order valence-corrected chi connectivity index (χ2v) is 6.06. The van der Waals surface area contributed by atoms with Crippen LogP contribution in [0.2, 0.25) is 0 Å². The molecule has 0 unspecified atom stereocenters. The van der Waals surface area contributed by atoms with Crippen LogP contribution < -0.4 is 10.6 Å². The predicted octanol–water partition coefficient (Wildman–Crippen LogP) is 5.42. The van der Waals surface area contributed by atoms with Crippen LogP contribution in [0, 0.1) is 0 Å². The van der Waals surface area contributed by atoms with Crippen molar-refractivity contribution in [2.75, 3.05) is 10.6 Å². The quantitative estimate of drug-likeness (QED) is 0.492. The monoisotopic (exact) mass is 340 g/mol. The van der Waals surface area contributed by atoms with Gasteiger partial charge in [-0.1, -0.05) is 66.7 Å². The highest BCUT2D eigenvalue weighted by atomic mass is 15.3. The number of aromatic nitrogens is 2. The maximum atomic E-state index is 4.74. The zero-order valence-corrected chi connectivity index (χ0v) is 14.3. The second kappa shape index (κ2) is 7.57. The number of nitrogens with one attached hydrogen (secondary N) is 2. The SMILES string of the molecule is c1ccc(Cn2cc(Nc3ccccc3)c(Nc3ccccc3)n2)cc1. The summed E-state index contributed by atoms with van der Waals surface area (Å²) >= 11 is 0. The summed E-state index contributed by atoms with van der Waals surface area (Å²) in [5.74, 6) is 0.802. The van der Waals surface area contributed by atoms with Gasteiger partial charge in [0.15, 0.2) is 5.82 Å². The van der Waals surface area contributed by atoms with E-state index < -0.39 is 0 Å². The number of rotatable bonds is 6. The molecule has 4 rings (SSSR count). The van der Waals surface area contributed by atoms with Gasteiger partial charge >= 0.3 is 0 Å². The Kier molecular flexibility index (Phi) is 4.65. The van der Waals surface area contributed by atoms with Gasteiger partial charge in [0.1, 0.15) is 5.69 Å². The molecule has 0 saturated heterocycles. The molecule has 0 aliphatic carbocycles. The van der Waals surface area contributed by atoms with Crippen molar-refractivity contribution in [3.8, 4) is 0 Å². The number of hydrogen-bond acceptors (Lipinski definition) is 3. The normalized spacial score (nSPS) is 10.5. The van der Waals surface area contributed by atoms with Crippen LogP contribution in [0.3, 0.4) is 0 Å². The minimum atomic E-state index is 0.723. The maximum Gasteiger partial charge on any atom is 0.176 e. The largest absolute Gasteiger partial charge is 0.351 e. The topological polar surface area (TPSA) is 41.9 Å². The average Bonchev–Trinajstić information content (AvgIpc) is 3.05. The van der Waals surface area contributed by atoms with Crippen molar-refractivity contribution in [3.63, 3.8) is 0 Å². The van der Waals surface area contributed by atoms with E-state index in [1.54, 1.807) is 0 Å². The van der Waals surface area contributed by atoms with Crippen molar-refractivity contribution in [2.24, 2.45) is 0 Å². The molecule has 0 saturated carbocycles. The van der Waals surface area contributed by atoms with Crippen molar-refractivity contribution in [1.82, 2.24) is 9.78 Å². The molecule has 0 spiro atoms. The lowest BCUT2D eigenvalue weighted by atomic mass is 10.2. The van der Waals surface area contributed by atoms with Gasteiger partial charge in [0.25, 0.3) is 0 Å². The van der Waals surface area contributed by atoms with E-state index in [1.165, 1.54) is 5.56 Å². The molecule has 0 radical (unpaired) electrons. The van der Waals surface area contributed by atoms with Crippen LogP contribution in [0.1, 0.15) is 5.56 Å². The standard InChI is InChI=1S/C22H20N4/c1-4-10-18(11-5-1)16-26-17-21(23-19-12-6-2-7-13-19)22(25-26)24-20-14-8-3-9-15-20/h1-15,17,23H,16H2,(H,24,25). The first-order chi connectivity index (χ1) is 12.9. The van der Waals surface area contributed by atoms with Gasteiger partial charge in [-0.15, -0.1) is 0 Å². The predicted molar refractivity (Wildman–Crippen MR) is 107 cm³/mol. The first kappa shape index (κ1) is 16.0. The minimum absolute atomic E-state index is 0.723. The van der Waals surface area contributed by atoms with Gasteiger partial charge in [-0.3, -0.25) is 4.68 Å². The number of para-hydroxylation sites is 2. The zero-order valence-electron chi connectivity index (χ0n) is 14.3. The fraction of sp³-hybridized carbons (Fsp3) is 0.0455. The highest BCUT2D eigenvalue weighted by molar-refractivity contribution is 5.74. The Balaban J connectivity index is 1.63. The fourth-order valence-electron chi connectivity index (χ4n) is 2.79. The van der Waals surface area contributed by atoms with E-state index in [1.807, 2.05) is 89.7 Å². The molecular formula is C22H20N4. The van der Waals surface area contributed by atoms with Gasteiger partial charge in [0.2, 0.25) is 0 Å². The summed E-state index contributed by atoms with van der Waals surface area (Å²) in [5, 5.41) is 11.6. The summed E-state index contributed by atoms with van der Waals surface area (Å²) in [6, 6.07) is 30.5. The van der Waals surface area contributed by atoms with Crippen molar-refractivity contribution < 1.29 is 0 Å². The van der Waals surface area contributed by atoms with Crippen molar-refractivity contribution in [1.29, 1.82) is 0 Å². The molecule has 0 fully saturated rings. The molecule has 1 heterocycles. The summed E-state index contributed by atoms with van der Waals surface area (Å²) in [5.41, 5.74) is 4.19. The van der Waals surface area contributed by atoms with Gasteiger partial charge < -0.3 is 10.6 Å². The van der Waals surface area contributed by atoms with Crippen molar-refractivity contribution in [2.45, 2.75) is 6.54 Å². The molecule has 1 aromatic heterocycles. The molecule has 3 aromatic carbocycles. The van der Waals surface area contributed by atoms with Gasteiger partial charge in [0.05, 0.1) is 12.7 Å². The van der Waals surface area contributed by atoms with Crippen LogP contribution in [-0.2, 0) is 6.54 Å². The number of hydrogen-bond donors (Lipinski definition) is 2. The van der Waals surface area contributed by atoms with Crippen LogP contribution in [0.5, 0.6) is 0 Å². The fourth-order valence-corrected chi connectivity index (χ4v) is 2.79. The molecule has 128 valence electrons. The molecule has 0 aliphatic heterocycles. The molecule has 26 heavy (non-hydrogen) atoms.